The van der Waals surface area contributed by atoms with Crippen molar-refractivity contribution in [3.8, 4) is 0 Å². The third kappa shape index (κ3) is 4.97. The molecule has 2 aliphatic rings. The summed E-state index contributed by atoms with van der Waals surface area (Å²) in [5.41, 5.74) is 1.33. The number of rotatable bonds is 7. The highest BCUT2D eigenvalue weighted by Crippen LogP contribution is 2.48. The van der Waals surface area contributed by atoms with Crippen LogP contribution in [0.5, 0.6) is 0 Å². The van der Waals surface area contributed by atoms with E-state index in [4.69, 9.17) is 4.99 Å². The van der Waals surface area contributed by atoms with Gasteiger partial charge in [-0.15, -0.1) is 0 Å². The number of nitrogens with one attached hydrogen (secondary N) is 2. The molecule has 0 bridgehead atoms. The number of halogens is 1. The molecule has 1 aliphatic heterocycles. The topological polar surface area (TPSA) is 39.7 Å². The van der Waals surface area contributed by atoms with Gasteiger partial charge < -0.3 is 15.5 Å². The molecule has 1 saturated carbocycles. The standard InChI is InChI=1S/C21H33FN4/c1-3-13-26-14-9-19(10-15-26)25-20(23-4-2)24-16-21(11-12-21)17-5-7-18(22)8-6-17/h5-8,19H,3-4,9-16H2,1-2H3,(H2,23,24,25). The number of guanidine groups is 1. The summed E-state index contributed by atoms with van der Waals surface area (Å²) in [4.78, 5) is 7.43. The van der Waals surface area contributed by atoms with Crippen molar-refractivity contribution >= 4 is 5.96 Å². The minimum absolute atomic E-state index is 0.112. The smallest absolute Gasteiger partial charge is 0.191 e. The van der Waals surface area contributed by atoms with Gasteiger partial charge in [0.2, 0.25) is 0 Å². The molecule has 4 nitrogen and oxygen atoms in total. The summed E-state index contributed by atoms with van der Waals surface area (Å²) in [7, 11) is 0. The van der Waals surface area contributed by atoms with Gasteiger partial charge >= 0.3 is 0 Å². The van der Waals surface area contributed by atoms with Gasteiger partial charge in [-0.3, -0.25) is 4.99 Å². The second kappa shape index (κ2) is 8.85. The van der Waals surface area contributed by atoms with Gasteiger partial charge in [0.1, 0.15) is 5.82 Å². The Morgan fingerprint density at radius 3 is 2.46 bits per heavy atom. The molecule has 2 fully saturated rings. The molecule has 0 spiro atoms. The molecule has 1 heterocycles. The Labute approximate surface area is 157 Å². The van der Waals surface area contributed by atoms with Crippen molar-refractivity contribution in [2.45, 2.75) is 57.4 Å². The molecule has 3 rings (SSSR count). The van der Waals surface area contributed by atoms with Crippen LogP contribution in [0.25, 0.3) is 0 Å². The zero-order valence-corrected chi connectivity index (χ0v) is 16.2. The molecule has 2 N–H and O–H groups in total. The van der Waals surface area contributed by atoms with Crippen LogP contribution in [0.1, 0.15) is 51.5 Å². The Kier molecular flexibility index (Phi) is 6.52. The van der Waals surface area contributed by atoms with E-state index in [2.05, 4.69) is 29.4 Å². The predicted octanol–water partition coefficient (Wildman–Crippen LogP) is 3.29. The highest BCUT2D eigenvalue weighted by atomic mass is 19.1. The zero-order chi connectivity index (χ0) is 18.4. The van der Waals surface area contributed by atoms with Crippen LogP contribution in [0.3, 0.4) is 0 Å². The first-order valence-corrected chi connectivity index (χ1v) is 10.2. The molecule has 1 aliphatic carbocycles. The number of hydrogen-bond donors (Lipinski definition) is 2. The van der Waals surface area contributed by atoms with E-state index < -0.39 is 0 Å². The lowest BCUT2D eigenvalue weighted by atomic mass is 9.96. The fourth-order valence-corrected chi connectivity index (χ4v) is 3.85. The quantitative estimate of drug-likeness (QED) is 0.579. The molecule has 1 saturated heterocycles. The Bertz CT molecular complexity index is 587. The van der Waals surface area contributed by atoms with Crippen LogP contribution in [0.15, 0.2) is 29.3 Å². The van der Waals surface area contributed by atoms with Crippen LogP contribution in [-0.2, 0) is 5.41 Å². The molecule has 0 radical (unpaired) electrons. The van der Waals surface area contributed by atoms with Crippen LogP contribution in [0.4, 0.5) is 4.39 Å². The van der Waals surface area contributed by atoms with Crippen LogP contribution >= 0.6 is 0 Å². The maximum Gasteiger partial charge on any atom is 0.191 e. The lowest BCUT2D eigenvalue weighted by Gasteiger charge is -2.33. The fourth-order valence-electron chi connectivity index (χ4n) is 3.85. The summed E-state index contributed by atoms with van der Waals surface area (Å²) < 4.78 is 13.2. The average Bonchev–Trinajstić information content (AvgIpc) is 3.43. The third-order valence-corrected chi connectivity index (χ3v) is 5.66. The Hall–Kier alpha value is -1.62. The van der Waals surface area contributed by atoms with E-state index in [-0.39, 0.29) is 11.2 Å². The van der Waals surface area contributed by atoms with E-state index >= 15 is 0 Å². The van der Waals surface area contributed by atoms with Crippen molar-refractivity contribution in [2.24, 2.45) is 4.99 Å². The summed E-state index contributed by atoms with van der Waals surface area (Å²) >= 11 is 0. The van der Waals surface area contributed by atoms with E-state index in [1.165, 1.54) is 44.5 Å². The van der Waals surface area contributed by atoms with Crippen LogP contribution in [0.2, 0.25) is 0 Å². The lowest BCUT2D eigenvalue weighted by molar-refractivity contribution is 0.206. The van der Waals surface area contributed by atoms with Crippen LogP contribution in [-0.4, -0.2) is 49.6 Å². The lowest BCUT2D eigenvalue weighted by Crippen LogP contribution is -2.49. The number of likely N-dealkylation sites (tertiary alicyclic amines) is 1. The summed E-state index contributed by atoms with van der Waals surface area (Å²) in [5.74, 6) is 0.757. The van der Waals surface area contributed by atoms with Crippen molar-refractivity contribution in [2.75, 3.05) is 32.7 Å². The maximum atomic E-state index is 13.2. The molecule has 1 aromatic carbocycles. The van der Waals surface area contributed by atoms with Crippen molar-refractivity contribution < 1.29 is 4.39 Å². The molecule has 0 atom stereocenters. The van der Waals surface area contributed by atoms with E-state index in [9.17, 15) is 4.39 Å². The number of benzene rings is 1. The van der Waals surface area contributed by atoms with E-state index in [0.29, 0.717) is 6.04 Å². The number of aliphatic imine (C=N–C) groups is 1. The normalized spacial score (nSPS) is 20.8. The first kappa shape index (κ1) is 19.2. The first-order chi connectivity index (χ1) is 12.6. The van der Waals surface area contributed by atoms with Gasteiger partial charge in [-0.05, 0) is 63.3 Å². The van der Waals surface area contributed by atoms with Crippen LogP contribution in [0, 0.1) is 5.82 Å². The molecular weight excluding hydrogens is 327 g/mol. The van der Waals surface area contributed by atoms with Crippen molar-refractivity contribution in [3.63, 3.8) is 0 Å². The minimum atomic E-state index is -0.169. The van der Waals surface area contributed by atoms with E-state index in [1.807, 2.05) is 12.1 Å². The Morgan fingerprint density at radius 1 is 1.19 bits per heavy atom. The van der Waals surface area contributed by atoms with Gasteiger partial charge in [0.05, 0.1) is 6.54 Å². The molecule has 0 amide bonds. The second-order valence-electron chi connectivity index (χ2n) is 7.74. The zero-order valence-electron chi connectivity index (χ0n) is 16.2. The average molecular weight is 361 g/mol. The van der Waals surface area contributed by atoms with Gasteiger partial charge in [-0.25, -0.2) is 4.39 Å². The third-order valence-electron chi connectivity index (χ3n) is 5.66. The number of piperidine rings is 1. The van der Waals surface area contributed by atoms with Gasteiger partial charge in [-0.1, -0.05) is 19.1 Å². The molecule has 144 valence electrons. The number of hydrogen-bond acceptors (Lipinski definition) is 2. The van der Waals surface area contributed by atoms with Gasteiger partial charge in [0.25, 0.3) is 0 Å². The summed E-state index contributed by atoms with van der Waals surface area (Å²) in [6.07, 6.45) is 5.85. The number of nitrogens with zero attached hydrogens (tertiary/aromatic N) is 2. The highest BCUT2D eigenvalue weighted by Gasteiger charge is 2.44. The Balaban J connectivity index is 1.57. The first-order valence-electron chi connectivity index (χ1n) is 10.2. The van der Waals surface area contributed by atoms with Gasteiger partial charge in [0.15, 0.2) is 5.96 Å². The molecular formula is C21H33FN4. The molecule has 5 heteroatoms. The van der Waals surface area contributed by atoms with Gasteiger partial charge in [-0.2, -0.15) is 0 Å². The van der Waals surface area contributed by atoms with Gasteiger partial charge in [0, 0.05) is 31.1 Å². The maximum absolute atomic E-state index is 13.2. The SMILES string of the molecule is CCCN1CCC(NC(=NCC2(c3ccc(F)cc3)CC2)NCC)CC1. The van der Waals surface area contributed by atoms with Crippen LogP contribution < -0.4 is 10.6 Å². The second-order valence-corrected chi connectivity index (χ2v) is 7.74. The largest absolute Gasteiger partial charge is 0.357 e. The summed E-state index contributed by atoms with van der Waals surface area (Å²) in [6, 6.07) is 7.46. The molecule has 0 unspecified atom stereocenters. The predicted molar refractivity (Wildman–Crippen MR) is 106 cm³/mol. The molecule has 0 aromatic heterocycles. The van der Waals surface area contributed by atoms with Crippen molar-refractivity contribution in [1.82, 2.24) is 15.5 Å². The highest BCUT2D eigenvalue weighted by molar-refractivity contribution is 5.80. The molecule has 26 heavy (non-hydrogen) atoms. The van der Waals surface area contributed by atoms with E-state index in [1.54, 1.807) is 12.1 Å². The van der Waals surface area contributed by atoms with Crippen molar-refractivity contribution in [3.05, 3.63) is 35.6 Å². The van der Waals surface area contributed by atoms with Crippen molar-refractivity contribution in [1.29, 1.82) is 0 Å². The monoisotopic (exact) mass is 360 g/mol. The van der Waals surface area contributed by atoms with E-state index in [0.717, 1.165) is 31.9 Å². The molecule has 1 aromatic rings. The fraction of sp³-hybridized carbons (Fsp3) is 0.667. The Morgan fingerprint density at radius 2 is 1.88 bits per heavy atom. The minimum Gasteiger partial charge on any atom is -0.357 e. The summed E-state index contributed by atoms with van der Waals surface area (Å²) in [5, 5.41) is 7.03. The summed E-state index contributed by atoms with van der Waals surface area (Å²) in [6.45, 7) is 9.53.